The number of nitrogens with zero attached hydrogens (tertiary/aromatic N) is 6. The topological polar surface area (TPSA) is 101 Å². The summed E-state index contributed by atoms with van der Waals surface area (Å²) in [6.07, 6.45) is 6.50. The Bertz CT molecular complexity index is 1760. The van der Waals surface area contributed by atoms with Crippen molar-refractivity contribution in [3.63, 3.8) is 0 Å². The molecule has 1 saturated carbocycles. The number of benzene rings is 2. The number of hydrogen-bond donors (Lipinski definition) is 2. The number of pyridine rings is 2. The largest absolute Gasteiger partial charge is 0.393 e. The van der Waals surface area contributed by atoms with Crippen molar-refractivity contribution in [1.29, 1.82) is 0 Å². The van der Waals surface area contributed by atoms with Gasteiger partial charge in [0.2, 0.25) is 5.82 Å². The third-order valence-corrected chi connectivity index (χ3v) is 7.58. The molecule has 0 aliphatic heterocycles. The highest BCUT2D eigenvalue weighted by atomic mass is 16.3. The quantitative estimate of drug-likeness (QED) is 0.356. The molecule has 4 aromatic heterocycles. The van der Waals surface area contributed by atoms with E-state index < -0.39 is 0 Å². The summed E-state index contributed by atoms with van der Waals surface area (Å²) < 4.78 is 1.91. The van der Waals surface area contributed by atoms with Gasteiger partial charge in [0, 0.05) is 40.6 Å². The fraction of sp³-hybridized carbons (Fsp3) is 0.167. The molecule has 0 bridgehead atoms. The average molecular weight is 500 g/mol. The molecule has 186 valence electrons. The first kappa shape index (κ1) is 22.7. The third-order valence-electron chi connectivity index (χ3n) is 7.58. The van der Waals surface area contributed by atoms with Crippen LogP contribution in [0.1, 0.15) is 18.4 Å². The molecule has 0 radical (unpaired) electrons. The van der Waals surface area contributed by atoms with Gasteiger partial charge < -0.3 is 10.4 Å². The van der Waals surface area contributed by atoms with Crippen LogP contribution in [0.15, 0.2) is 91.4 Å². The van der Waals surface area contributed by atoms with E-state index in [1.54, 1.807) is 18.5 Å². The van der Waals surface area contributed by atoms with Gasteiger partial charge in [0.15, 0.2) is 11.5 Å². The second-order valence-electron chi connectivity index (χ2n) is 9.76. The molecular formula is C30H25N7O. The van der Waals surface area contributed by atoms with Gasteiger partial charge in [0.25, 0.3) is 0 Å². The first-order valence-corrected chi connectivity index (χ1v) is 12.6. The molecule has 0 spiro atoms. The third kappa shape index (κ3) is 3.57. The Balaban J connectivity index is 1.39. The summed E-state index contributed by atoms with van der Waals surface area (Å²) in [6, 6.07) is 24.7. The number of hydrogen-bond acceptors (Lipinski definition) is 7. The van der Waals surface area contributed by atoms with E-state index in [2.05, 4.69) is 67.9 Å². The predicted molar refractivity (Wildman–Crippen MR) is 146 cm³/mol. The molecule has 2 N–H and O–H groups in total. The Morgan fingerprint density at radius 3 is 2.37 bits per heavy atom. The molecule has 2 aromatic carbocycles. The van der Waals surface area contributed by atoms with Crippen molar-refractivity contribution in [1.82, 2.24) is 34.9 Å². The van der Waals surface area contributed by atoms with Crippen LogP contribution in [0.2, 0.25) is 0 Å². The second kappa shape index (κ2) is 8.79. The van der Waals surface area contributed by atoms with E-state index in [-0.39, 0.29) is 11.6 Å². The van der Waals surface area contributed by atoms with Crippen molar-refractivity contribution in [2.45, 2.75) is 24.5 Å². The smallest absolute Gasteiger partial charge is 0.206 e. The van der Waals surface area contributed by atoms with Gasteiger partial charge in [-0.1, -0.05) is 54.6 Å². The normalized spacial score (nSPS) is 19.1. The molecule has 4 heterocycles. The van der Waals surface area contributed by atoms with E-state index in [1.807, 2.05) is 41.9 Å². The Morgan fingerprint density at radius 2 is 1.66 bits per heavy atom. The summed E-state index contributed by atoms with van der Waals surface area (Å²) in [5, 5.41) is 23.2. The van der Waals surface area contributed by atoms with Gasteiger partial charge in [0.05, 0.1) is 17.3 Å². The SMILES string of the molecule is CNC1(c2ccc(-c3nc4ccn5c(-c6ncccn6)nnc5c4cc3-c3ccccc3)cc2)CC(O)C1. The summed E-state index contributed by atoms with van der Waals surface area (Å²) in [6.45, 7) is 0. The summed E-state index contributed by atoms with van der Waals surface area (Å²) in [5.74, 6) is 1.11. The molecular weight excluding hydrogens is 474 g/mol. The zero-order valence-corrected chi connectivity index (χ0v) is 20.8. The molecule has 1 aliphatic carbocycles. The molecule has 0 saturated heterocycles. The van der Waals surface area contributed by atoms with E-state index in [9.17, 15) is 5.11 Å². The van der Waals surface area contributed by atoms with Crippen LogP contribution in [0, 0.1) is 0 Å². The van der Waals surface area contributed by atoms with E-state index >= 15 is 0 Å². The van der Waals surface area contributed by atoms with Crippen molar-refractivity contribution < 1.29 is 5.11 Å². The lowest BCUT2D eigenvalue weighted by molar-refractivity contribution is 0.00322. The van der Waals surface area contributed by atoms with Gasteiger partial charge in [-0.3, -0.25) is 4.40 Å². The van der Waals surface area contributed by atoms with Gasteiger partial charge in [-0.25, -0.2) is 15.0 Å². The van der Waals surface area contributed by atoms with Gasteiger partial charge in [-0.05, 0) is 49.2 Å². The van der Waals surface area contributed by atoms with Crippen molar-refractivity contribution in [3.8, 4) is 34.0 Å². The van der Waals surface area contributed by atoms with Gasteiger partial charge in [-0.2, -0.15) is 0 Å². The van der Waals surface area contributed by atoms with E-state index in [0.717, 1.165) is 46.1 Å². The zero-order valence-electron chi connectivity index (χ0n) is 20.8. The summed E-state index contributed by atoms with van der Waals surface area (Å²) in [4.78, 5) is 13.8. The van der Waals surface area contributed by atoms with Gasteiger partial charge in [-0.15, -0.1) is 10.2 Å². The molecule has 38 heavy (non-hydrogen) atoms. The zero-order chi connectivity index (χ0) is 25.7. The van der Waals surface area contributed by atoms with Crippen LogP contribution in [0.4, 0.5) is 0 Å². The van der Waals surface area contributed by atoms with Crippen LogP contribution in [0.3, 0.4) is 0 Å². The molecule has 1 aliphatic rings. The number of fused-ring (bicyclic) bond motifs is 3. The Hall–Kier alpha value is -4.53. The highest BCUT2D eigenvalue weighted by Gasteiger charge is 2.43. The number of aliphatic hydroxyl groups is 1. The number of aliphatic hydroxyl groups excluding tert-OH is 1. The Labute approximate surface area is 219 Å². The highest BCUT2D eigenvalue weighted by molar-refractivity contribution is 5.98. The monoisotopic (exact) mass is 499 g/mol. The van der Waals surface area contributed by atoms with Gasteiger partial charge in [0.1, 0.15) is 0 Å². The van der Waals surface area contributed by atoms with Crippen LogP contribution in [-0.2, 0) is 5.54 Å². The minimum atomic E-state index is -0.253. The van der Waals surface area contributed by atoms with Crippen LogP contribution >= 0.6 is 0 Å². The standard InChI is InChI=1S/C30H25N7O/c1-31-30(17-22(38)18-30)21-10-8-20(9-11-21)26-23(19-6-3-2-4-7-19)16-24-25(34-26)12-15-37-28(24)35-36-29(37)27-32-13-5-14-33-27/h2-16,22,31,38H,17-18H2,1H3. The lowest BCUT2D eigenvalue weighted by Crippen LogP contribution is -2.53. The number of nitrogens with one attached hydrogen (secondary N) is 1. The maximum atomic E-state index is 9.94. The van der Waals surface area contributed by atoms with Crippen LogP contribution in [0.5, 0.6) is 0 Å². The van der Waals surface area contributed by atoms with E-state index in [1.165, 1.54) is 5.56 Å². The summed E-state index contributed by atoms with van der Waals surface area (Å²) >= 11 is 0. The fourth-order valence-electron chi connectivity index (χ4n) is 5.50. The molecule has 0 amide bonds. The van der Waals surface area contributed by atoms with Crippen molar-refractivity contribution in [3.05, 3.63) is 97.0 Å². The summed E-state index contributed by atoms with van der Waals surface area (Å²) in [5.41, 5.74) is 6.56. The number of aromatic nitrogens is 6. The van der Waals surface area contributed by atoms with Crippen LogP contribution in [-0.4, -0.2) is 47.8 Å². The fourth-order valence-corrected chi connectivity index (χ4v) is 5.50. The molecule has 8 nitrogen and oxygen atoms in total. The molecule has 7 rings (SSSR count). The average Bonchev–Trinajstić information content (AvgIpc) is 3.40. The highest BCUT2D eigenvalue weighted by Crippen LogP contribution is 2.42. The van der Waals surface area contributed by atoms with Gasteiger partial charge >= 0.3 is 0 Å². The van der Waals surface area contributed by atoms with Crippen molar-refractivity contribution in [2.75, 3.05) is 7.05 Å². The first-order chi connectivity index (χ1) is 18.6. The predicted octanol–water partition coefficient (Wildman–Crippen LogP) is 4.64. The Kier molecular flexibility index (Phi) is 5.24. The Morgan fingerprint density at radius 1 is 0.895 bits per heavy atom. The second-order valence-corrected chi connectivity index (χ2v) is 9.76. The minimum Gasteiger partial charge on any atom is -0.393 e. The van der Waals surface area contributed by atoms with Crippen LogP contribution in [0.25, 0.3) is 50.6 Å². The lowest BCUT2D eigenvalue weighted by atomic mass is 9.70. The molecule has 0 unspecified atom stereocenters. The maximum absolute atomic E-state index is 9.94. The minimum absolute atomic E-state index is 0.170. The van der Waals surface area contributed by atoms with Crippen molar-refractivity contribution in [2.24, 2.45) is 0 Å². The number of rotatable bonds is 5. The maximum Gasteiger partial charge on any atom is 0.206 e. The van der Waals surface area contributed by atoms with Crippen LogP contribution < -0.4 is 5.32 Å². The van der Waals surface area contributed by atoms with E-state index in [0.29, 0.717) is 17.3 Å². The lowest BCUT2D eigenvalue weighted by Gasteiger charge is -2.46. The molecule has 1 fully saturated rings. The molecule has 6 aromatic rings. The van der Waals surface area contributed by atoms with E-state index in [4.69, 9.17) is 4.98 Å². The summed E-state index contributed by atoms with van der Waals surface area (Å²) in [7, 11) is 1.96. The molecule has 0 atom stereocenters. The van der Waals surface area contributed by atoms with Crippen molar-refractivity contribution >= 4 is 16.6 Å². The first-order valence-electron chi connectivity index (χ1n) is 12.6. The molecule has 8 heteroatoms.